The van der Waals surface area contributed by atoms with Gasteiger partial charge in [0.15, 0.2) is 15.4 Å². The monoisotopic (exact) mass is 211 g/mol. The summed E-state index contributed by atoms with van der Waals surface area (Å²) in [6.45, 7) is 0. The number of hydrogen-bond donors (Lipinski definition) is 0. The molecule has 1 aromatic heterocycles. The summed E-state index contributed by atoms with van der Waals surface area (Å²) >= 11 is 0. The third-order valence-corrected chi connectivity index (χ3v) is 2.74. The van der Waals surface area contributed by atoms with Gasteiger partial charge in [0.2, 0.25) is 0 Å². The molecule has 0 spiro atoms. The minimum atomic E-state index is -3.02. The van der Waals surface area contributed by atoms with Gasteiger partial charge in [0.25, 0.3) is 0 Å². The lowest BCUT2D eigenvalue weighted by atomic mass is 10.2. The highest BCUT2D eigenvalue weighted by molar-refractivity contribution is 7.89. The molecule has 4 nitrogen and oxygen atoms in total. The number of nitrogens with zero attached hydrogens (tertiary/aromatic N) is 1. The van der Waals surface area contributed by atoms with Gasteiger partial charge in [0, 0.05) is 11.6 Å². The molecule has 74 valence electrons. The van der Waals surface area contributed by atoms with E-state index >= 15 is 0 Å². The van der Waals surface area contributed by atoms with Crippen LogP contribution in [0.5, 0.6) is 0 Å². The van der Waals surface area contributed by atoms with Crippen LogP contribution in [0.25, 0.3) is 11.0 Å². The van der Waals surface area contributed by atoms with Gasteiger partial charge in [-0.1, -0.05) is 17.3 Å². The predicted octanol–water partition coefficient (Wildman–Crippen LogP) is 1.37. The van der Waals surface area contributed by atoms with Crippen molar-refractivity contribution in [2.75, 3.05) is 6.26 Å². The van der Waals surface area contributed by atoms with E-state index in [0.29, 0.717) is 5.58 Å². The minimum absolute atomic E-state index is 0.0194. The van der Waals surface area contributed by atoms with Crippen molar-refractivity contribution in [3.05, 3.63) is 30.0 Å². The van der Waals surface area contributed by atoms with E-state index in [1.54, 1.807) is 18.2 Å². The predicted molar refractivity (Wildman–Crippen MR) is 52.6 cm³/mol. The van der Waals surface area contributed by atoms with E-state index < -0.39 is 9.84 Å². The maximum Gasteiger partial charge on any atom is 0.167 e. The highest BCUT2D eigenvalue weighted by atomic mass is 32.2. The molecule has 0 aliphatic rings. The summed E-state index contributed by atoms with van der Waals surface area (Å²) in [6, 6.07) is 5.28. The first-order chi connectivity index (χ1) is 6.56. The van der Waals surface area contributed by atoms with Gasteiger partial charge in [-0.05, 0) is 11.6 Å². The van der Waals surface area contributed by atoms with E-state index in [1.807, 2.05) is 0 Å². The number of benzene rings is 1. The standard InChI is InChI=1S/C9H9NO3S/c1-14(11,12)6-7-3-2-4-9-8(7)5-10-13-9/h2-5H,6H2,1H3. The van der Waals surface area contributed by atoms with Gasteiger partial charge in [-0.3, -0.25) is 0 Å². The van der Waals surface area contributed by atoms with E-state index in [9.17, 15) is 8.42 Å². The van der Waals surface area contributed by atoms with Crippen molar-refractivity contribution in [1.82, 2.24) is 5.16 Å². The van der Waals surface area contributed by atoms with Crippen molar-refractivity contribution in [2.45, 2.75) is 5.75 Å². The average Bonchev–Trinajstić information content (AvgIpc) is 2.49. The Bertz CT molecular complexity index is 556. The van der Waals surface area contributed by atoms with Crippen LogP contribution in [-0.4, -0.2) is 19.8 Å². The first kappa shape index (κ1) is 9.21. The first-order valence-electron chi connectivity index (χ1n) is 4.06. The lowest BCUT2D eigenvalue weighted by molar-refractivity contribution is 0.456. The molecule has 0 atom stereocenters. The van der Waals surface area contributed by atoms with Crippen molar-refractivity contribution in [1.29, 1.82) is 0 Å². The number of hydrogen-bond acceptors (Lipinski definition) is 4. The fourth-order valence-electron chi connectivity index (χ4n) is 1.36. The van der Waals surface area contributed by atoms with Crippen LogP contribution in [-0.2, 0) is 15.6 Å². The maximum atomic E-state index is 11.1. The van der Waals surface area contributed by atoms with Crippen LogP contribution in [0.2, 0.25) is 0 Å². The molecule has 0 saturated carbocycles. The molecular formula is C9H9NO3S. The largest absolute Gasteiger partial charge is 0.356 e. The molecule has 0 fully saturated rings. The molecule has 2 rings (SSSR count). The number of sulfone groups is 1. The van der Waals surface area contributed by atoms with Crippen LogP contribution in [0.4, 0.5) is 0 Å². The average molecular weight is 211 g/mol. The van der Waals surface area contributed by atoms with E-state index in [-0.39, 0.29) is 5.75 Å². The Hall–Kier alpha value is -1.36. The Labute approximate surface area is 81.4 Å². The summed E-state index contributed by atoms with van der Waals surface area (Å²) in [5.41, 5.74) is 1.34. The van der Waals surface area contributed by atoms with Crippen LogP contribution in [0.3, 0.4) is 0 Å². The molecule has 1 heterocycles. The summed E-state index contributed by atoms with van der Waals surface area (Å²) < 4.78 is 27.2. The van der Waals surface area contributed by atoms with Gasteiger partial charge in [0.1, 0.15) is 0 Å². The lowest BCUT2D eigenvalue weighted by Gasteiger charge is -1.99. The van der Waals surface area contributed by atoms with Crippen molar-refractivity contribution >= 4 is 20.8 Å². The summed E-state index contributed by atoms with van der Waals surface area (Å²) in [7, 11) is -3.02. The SMILES string of the molecule is CS(=O)(=O)Cc1cccc2oncc12. The second-order valence-electron chi connectivity index (χ2n) is 3.22. The molecule has 0 aliphatic carbocycles. The number of rotatable bonds is 2. The molecule has 0 N–H and O–H groups in total. The Morgan fingerprint density at radius 3 is 2.93 bits per heavy atom. The Kier molecular flexibility index (Phi) is 2.03. The van der Waals surface area contributed by atoms with E-state index in [0.717, 1.165) is 10.9 Å². The highest BCUT2D eigenvalue weighted by Gasteiger charge is 2.09. The van der Waals surface area contributed by atoms with Crippen LogP contribution in [0.15, 0.2) is 28.9 Å². The van der Waals surface area contributed by atoms with Crippen molar-refractivity contribution < 1.29 is 12.9 Å². The normalized spacial score (nSPS) is 12.1. The van der Waals surface area contributed by atoms with Crippen molar-refractivity contribution in [3.8, 4) is 0 Å². The summed E-state index contributed by atoms with van der Waals surface area (Å²) in [5, 5.41) is 4.38. The lowest BCUT2D eigenvalue weighted by Crippen LogP contribution is -2.00. The fraction of sp³-hybridized carbons (Fsp3) is 0.222. The molecule has 0 saturated heterocycles. The Morgan fingerprint density at radius 1 is 1.43 bits per heavy atom. The van der Waals surface area contributed by atoms with Gasteiger partial charge in [0.05, 0.1) is 11.9 Å². The zero-order valence-electron chi connectivity index (χ0n) is 7.60. The van der Waals surface area contributed by atoms with Crippen molar-refractivity contribution in [3.63, 3.8) is 0 Å². The van der Waals surface area contributed by atoms with Gasteiger partial charge in [-0.2, -0.15) is 0 Å². The van der Waals surface area contributed by atoms with Gasteiger partial charge < -0.3 is 4.52 Å². The van der Waals surface area contributed by atoms with Gasteiger partial charge in [-0.15, -0.1) is 0 Å². The van der Waals surface area contributed by atoms with Crippen LogP contribution in [0, 0.1) is 0 Å². The number of fused-ring (bicyclic) bond motifs is 1. The van der Waals surface area contributed by atoms with Gasteiger partial charge >= 0.3 is 0 Å². The Morgan fingerprint density at radius 2 is 2.21 bits per heavy atom. The second-order valence-corrected chi connectivity index (χ2v) is 5.37. The highest BCUT2D eigenvalue weighted by Crippen LogP contribution is 2.19. The molecule has 5 heteroatoms. The van der Waals surface area contributed by atoms with Crippen LogP contribution < -0.4 is 0 Å². The fourth-order valence-corrected chi connectivity index (χ4v) is 2.18. The molecule has 14 heavy (non-hydrogen) atoms. The third kappa shape index (κ3) is 1.77. The summed E-state index contributed by atoms with van der Waals surface area (Å²) in [6.07, 6.45) is 2.75. The molecular weight excluding hydrogens is 202 g/mol. The number of aromatic nitrogens is 1. The summed E-state index contributed by atoms with van der Waals surface area (Å²) in [4.78, 5) is 0. The second kappa shape index (κ2) is 3.09. The molecule has 1 aromatic carbocycles. The molecule has 0 bridgehead atoms. The molecule has 0 radical (unpaired) electrons. The van der Waals surface area contributed by atoms with E-state index in [1.165, 1.54) is 12.5 Å². The molecule has 2 aromatic rings. The maximum absolute atomic E-state index is 11.1. The zero-order valence-corrected chi connectivity index (χ0v) is 8.41. The van der Waals surface area contributed by atoms with Crippen LogP contribution in [0.1, 0.15) is 5.56 Å². The molecule has 0 amide bonds. The quantitative estimate of drug-likeness (QED) is 0.752. The smallest absolute Gasteiger partial charge is 0.167 e. The van der Waals surface area contributed by atoms with Gasteiger partial charge in [-0.25, -0.2) is 8.42 Å². The van der Waals surface area contributed by atoms with Crippen molar-refractivity contribution in [2.24, 2.45) is 0 Å². The molecule has 0 aliphatic heterocycles. The first-order valence-corrected chi connectivity index (χ1v) is 6.12. The summed E-state index contributed by atoms with van der Waals surface area (Å²) in [5.74, 6) is 0.0194. The van der Waals surface area contributed by atoms with Crippen LogP contribution >= 0.6 is 0 Å². The minimum Gasteiger partial charge on any atom is -0.356 e. The van der Waals surface area contributed by atoms with E-state index in [4.69, 9.17) is 4.52 Å². The topological polar surface area (TPSA) is 60.2 Å². The third-order valence-electron chi connectivity index (χ3n) is 1.91. The zero-order chi connectivity index (χ0) is 10.2. The van der Waals surface area contributed by atoms with E-state index in [2.05, 4.69) is 5.16 Å². The Balaban J connectivity index is 2.57. The molecule has 0 unspecified atom stereocenters.